The molecule has 1 fully saturated rings. The topological polar surface area (TPSA) is 148 Å². The summed E-state index contributed by atoms with van der Waals surface area (Å²) >= 11 is 0. The smallest absolute Gasteiger partial charge is 0.293 e. The van der Waals surface area contributed by atoms with Gasteiger partial charge in [-0.3, -0.25) is 14.4 Å². The molecule has 0 saturated carbocycles. The summed E-state index contributed by atoms with van der Waals surface area (Å²) in [5, 5.41) is 6.18. The number of nitrogens with zero attached hydrogens (tertiary/aromatic N) is 3. The summed E-state index contributed by atoms with van der Waals surface area (Å²) in [5.41, 5.74) is 18.2. The molecule has 0 aliphatic carbocycles. The van der Waals surface area contributed by atoms with Crippen molar-refractivity contribution < 1.29 is 9.59 Å². The molecular weight excluding hydrogens is 566 g/mol. The van der Waals surface area contributed by atoms with Gasteiger partial charge in [-0.1, -0.05) is 45.0 Å². The second-order valence-electron chi connectivity index (χ2n) is 12.7. The molecule has 10 nitrogen and oxygen atoms in total. The summed E-state index contributed by atoms with van der Waals surface area (Å²) in [4.78, 5) is 44.6. The average molecular weight is 608 g/mol. The van der Waals surface area contributed by atoms with Crippen LogP contribution in [0.5, 0.6) is 0 Å². The predicted molar refractivity (Wildman–Crippen MR) is 181 cm³/mol. The first kappa shape index (κ1) is 31.3. The summed E-state index contributed by atoms with van der Waals surface area (Å²) in [5.74, 6) is -0.418. The van der Waals surface area contributed by atoms with Crippen LogP contribution in [0, 0.1) is 12.8 Å². The Morgan fingerprint density at radius 1 is 1.00 bits per heavy atom. The van der Waals surface area contributed by atoms with Crippen LogP contribution in [0.3, 0.4) is 0 Å². The normalized spacial score (nSPS) is 13.8. The number of nitrogen functional groups attached to an aromatic ring is 1. The Labute approximate surface area is 263 Å². The highest BCUT2D eigenvalue weighted by atomic mass is 16.2. The number of aryl methyl sites for hydroxylation is 1. The van der Waals surface area contributed by atoms with Crippen molar-refractivity contribution in [1.82, 2.24) is 9.55 Å². The predicted octanol–water partition coefficient (Wildman–Crippen LogP) is 5.33. The monoisotopic (exact) mass is 607 g/mol. The quantitative estimate of drug-likeness (QED) is 0.208. The lowest BCUT2D eigenvalue weighted by Crippen LogP contribution is -2.38. The van der Waals surface area contributed by atoms with E-state index in [1.54, 1.807) is 19.3 Å². The van der Waals surface area contributed by atoms with Crippen LogP contribution in [0.25, 0.3) is 11.3 Å². The maximum atomic E-state index is 13.1. The van der Waals surface area contributed by atoms with E-state index in [-0.39, 0.29) is 34.5 Å². The molecular formula is C35H41N7O3. The number of piperidine rings is 1. The number of anilines is 5. The molecule has 1 saturated heterocycles. The molecule has 1 aliphatic rings. The molecule has 3 aromatic carbocycles. The molecule has 0 unspecified atom stereocenters. The molecule has 4 aromatic rings. The van der Waals surface area contributed by atoms with Gasteiger partial charge in [0, 0.05) is 54.8 Å². The highest BCUT2D eigenvalue weighted by Gasteiger charge is 2.24. The zero-order valence-corrected chi connectivity index (χ0v) is 26.5. The highest BCUT2D eigenvalue weighted by Crippen LogP contribution is 2.32. The Morgan fingerprint density at radius 2 is 1.69 bits per heavy atom. The van der Waals surface area contributed by atoms with Gasteiger partial charge in [0.2, 0.25) is 5.91 Å². The Kier molecular flexibility index (Phi) is 8.68. The lowest BCUT2D eigenvalue weighted by Gasteiger charge is -2.33. The van der Waals surface area contributed by atoms with Gasteiger partial charge < -0.3 is 31.6 Å². The van der Waals surface area contributed by atoms with Crippen LogP contribution in [-0.2, 0) is 17.3 Å². The molecule has 2 heterocycles. The van der Waals surface area contributed by atoms with Crippen LogP contribution in [0.1, 0.15) is 55.1 Å². The van der Waals surface area contributed by atoms with Gasteiger partial charge >= 0.3 is 0 Å². The van der Waals surface area contributed by atoms with E-state index in [2.05, 4.69) is 41.3 Å². The number of carbonyl (C=O) groups excluding carboxylic acids is 2. The van der Waals surface area contributed by atoms with Crippen molar-refractivity contribution >= 4 is 40.4 Å². The zero-order valence-electron chi connectivity index (χ0n) is 26.5. The van der Waals surface area contributed by atoms with E-state index in [9.17, 15) is 14.4 Å². The third-order valence-corrected chi connectivity index (χ3v) is 8.47. The van der Waals surface area contributed by atoms with Gasteiger partial charge in [0.05, 0.1) is 17.1 Å². The van der Waals surface area contributed by atoms with Crippen molar-refractivity contribution in [3.05, 3.63) is 93.9 Å². The number of rotatable bonds is 7. The molecule has 1 aromatic heterocycles. The summed E-state index contributed by atoms with van der Waals surface area (Å²) in [6.07, 6.45) is 3.06. The fourth-order valence-corrected chi connectivity index (χ4v) is 5.64. The molecule has 5 rings (SSSR count). The van der Waals surface area contributed by atoms with Crippen LogP contribution in [0.15, 0.2) is 71.7 Å². The second kappa shape index (κ2) is 12.5. The van der Waals surface area contributed by atoms with Crippen LogP contribution in [0.4, 0.5) is 28.6 Å². The van der Waals surface area contributed by atoms with Crippen molar-refractivity contribution in [2.24, 2.45) is 18.7 Å². The van der Waals surface area contributed by atoms with E-state index in [1.165, 1.54) is 4.57 Å². The SMILES string of the molecule is Cc1c(NC(=O)c2ccc(C(C)(C)C)cc2)cccc1-c1cn(C)c(=O)c(Nc2ccc(N3CCC(C(N)=O)CC3)c(N)c2)n1. The van der Waals surface area contributed by atoms with Crippen LogP contribution in [-0.4, -0.2) is 34.5 Å². The van der Waals surface area contributed by atoms with Gasteiger partial charge in [0.1, 0.15) is 0 Å². The molecule has 2 amide bonds. The number of nitrogens with two attached hydrogens (primary N) is 2. The zero-order chi connectivity index (χ0) is 32.5. The number of amides is 2. The lowest BCUT2D eigenvalue weighted by atomic mass is 9.86. The number of nitrogens with one attached hydrogen (secondary N) is 2. The number of hydrogen-bond donors (Lipinski definition) is 4. The van der Waals surface area contributed by atoms with Crippen LogP contribution in [0.2, 0.25) is 0 Å². The molecule has 234 valence electrons. The molecule has 6 N–H and O–H groups in total. The van der Waals surface area contributed by atoms with Crippen molar-refractivity contribution in [3.8, 4) is 11.3 Å². The van der Waals surface area contributed by atoms with E-state index in [1.807, 2.05) is 61.5 Å². The number of primary amides is 1. The van der Waals surface area contributed by atoms with Crippen LogP contribution < -0.4 is 32.6 Å². The third-order valence-electron chi connectivity index (χ3n) is 8.47. The Bertz CT molecular complexity index is 1800. The Hall–Kier alpha value is -5.12. The molecule has 1 aliphatic heterocycles. The first-order chi connectivity index (χ1) is 21.3. The molecule has 0 atom stereocenters. The maximum Gasteiger partial charge on any atom is 0.293 e. The van der Waals surface area contributed by atoms with E-state index >= 15 is 0 Å². The largest absolute Gasteiger partial charge is 0.397 e. The van der Waals surface area contributed by atoms with Crippen LogP contribution >= 0.6 is 0 Å². The van der Waals surface area contributed by atoms with E-state index < -0.39 is 0 Å². The van der Waals surface area contributed by atoms with Crippen molar-refractivity contribution in [3.63, 3.8) is 0 Å². The second-order valence-corrected chi connectivity index (χ2v) is 12.7. The molecule has 0 spiro atoms. The minimum atomic E-state index is -0.296. The van der Waals surface area contributed by atoms with Gasteiger partial charge in [0.25, 0.3) is 11.5 Å². The number of hydrogen-bond acceptors (Lipinski definition) is 7. The number of benzene rings is 3. The lowest BCUT2D eigenvalue weighted by molar-refractivity contribution is -0.122. The molecule has 0 radical (unpaired) electrons. The molecule has 0 bridgehead atoms. The molecule has 45 heavy (non-hydrogen) atoms. The summed E-state index contributed by atoms with van der Waals surface area (Å²) in [6.45, 7) is 9.71. The van der Waals surface area contributed by atoms with E-state index in [0.717, 1.165) is 22.4 Å². The number of aromatic nitrogens is 2. The minimum absolute atomic E-state index is 0.00175. The van der Waals surface area contributed by atoms with Crippen molar-refractivity contribution in [1.29, 1.82) is 0 Å². The Morgan fingerprint density at radius 3 is 2.31 bits per heavy atom. The first-order valence-corrected chi connectivity index (χ1v) is 15.1. The van der Waals surface area contributed by atoms with Gasteiger partial charge in [0.15, 0.2) is 5.82 Å². The Balaban J connectivity index is 1.36. The van der Waals surface area contributed by atoms with Gasteiger partial charge in [-0.2, -0.15) is 0 Å². The van der Waals surface area contributed by atoms with Crippen molar-refractivity contribution in [2.75, 3.05) is 34.4 Å². The first-order valence-electron chi connectivity index (χ1n) is 15.1. The van der Waals surface area contributed by atoms with Gasteiger partial charge in [-0.15, -0.1) is 0 Å². The summed E-state index contributed by atoms with van der Waals surface area (Å²) in [6, 6.07) is 18.8. The average Bonchev–Trinajstić information content (AvgIpc) is 3.00. The maximum absolute atomic E-state index is 13.1. The molecule has 10 heteroatoms. The van der Waals surface area contributed by atoms with Gasteiger partial charge in [-0.25, -0.2) is 4.98 Å². The van der Waals surface area contributed by atoms with E-state index in [4.69, 9.17) is 11.5 Å². The van der Waals surface area contributed by atoms with E-state index in [0.29, 0.717) is 54.3 Å². The summed E-state index contributed by atoms with van der Waals surface area (Å²) < 4.78 is 1.48. The number of carbonyl (C=O) groups is 2. The standard InChI is InChI=1S/C35H41N7O3/c1-21-26(7-6-8-28(21)40-33(44)23-9-11-24(12-10-23)35(2,3)4)29-20-41(5)34(45)32(39-29)38-25-13-14-30(27(36)19-25)42-17-15-22(16-18-42)31(37)43/h6-14,19-20,22H,15-18,36H2,1-5H3,(H2,37,43)(H,38,39)(H,40,44). The fraction of sp³-hybridized carbons (Fsp3) is 0.314. The third kappa shape index (κ3) is 6.85. The van der Waals surface area contributed by atoms with Gasteiger partial charge in [-0.05, 0) is 72.7 Å². The highest BCUT2D eigenvalue weighted by molar-refractivity contribution is 6.05. The minimum Gasteiger partial charge on any atom is -0.397 e. The fourth-order valence-electron chi connectivity index (χ4n) is 5.64. The summed E-state index contributed by atoms with van der Waals surface area (Å²) in [7, 11) is 1.67. The van der Waals surface area contributed by atoms with Crippen molar-refractivity contribution in [2.45, 2.75) is 46.0 Å².